The van der Waals surface area contributed by atoms with Crippen molar-refractivity contribution in [3.8, 4) is 11.5 Å². The van der Waals surface area contributed by atoms with Crippen LogP contribution < -0.4 is 21.3 Å². The monoisotopic (exact) mass is 407 g/mol. The highest BCUT2D eigenvalue weighted by molar-refractivity contribution is 7.18. The van der Waals surface area contributed by atoms with Crippen LogP contribution in [-0.4, -0.2) is 15.5 Å². The van der Waals surface area contributed by atoms with Gasteiger partial charge < -0.3 is 10.1 Å². The Bertz CT molecular complexity index is 1290. The highest BCUT2D eigenvalue weighted by atomic mass is 32.1. The average Bonchev–Trinajstić information content (AvgIpc) is 3.08. The number of nitrogens with one attached hydrogen (secondary N) is 2. The number of rotatable bonds is 5. The van der Waals surface area contributed by atoms with Crippen LogP contribution in [0.3, 0.4) is 0 Å². The quantitative estimate of drug-likeness (QED) is 0.530. The third-order valence-electron chi connectivity index (χ3n) is 4.22. The predicted molar refractivity (Wildman–Crippen MR) is 113 cm³/mol. The van der Waals surface area contributed by atoms with Crippen LogP contribution >= 0.6 is 11.3 Å². The summed E-state index contributed by atoms with van der Waals surface area (Å²) in [6.45, 7) is 1.48. The van der Waals surface area contributed by atoms with Crippen LogP contribution in [0.15, 0.2) is 70.3 Å². The molecular formula is C21H17N3O4S. The summed E-state index contributed by atoms with van der Waals surface area (Å²) in [5, 5.41) is 3.09. The first-order chi connectivity index (χ1) is 14.0. The fourth-order valence-corrected chi connectivity index (χ4v) is 3.78. The van der Waals surface area contributed by atoms with E-state index in [1.54, 1.807) is 30.3 Å². The lowest BCUT2D eigenvalue weighted by Gasteiger charge is -2.09. The highest BCUT2D eigenvalue weighted by Gasteiger charge is 2.13. The minimum Gasteiger partial charge on any atom is -0.457 e. The van der Waals surface area contributed by atoms with Crippen LogP contribution in [0.4, 0.5) is 5.69 Å². The van der Waals surface area contributed by atoms with Crippen molar-refractivity contribution in [3.63, 3.8) is 0 Å². The van der Waals surface area contributed by atoms with Crippen molar-refractivity contribution in [1.82, 2.24) is 9.55 Å². The van der Waals surface area contributed by atoms with Crippen LogP contribution in [-0.2, 0) is 11.3 Å². The van der Waals surface area contributed by atoms with E-state index >= 15 is 0 Å². The summed E-state index contributed by atoms with van der Waals surface area (Å²) in [5.41, 5.74) is -0.548. The Morgan fingerprint density at radius 2 is 1.76 bits per heavy atom. The molecule has 0 fully saturated rings. The number of fused-ring (bicyclic) bond motifs is 1. The van der Waals surface area contributed by atoms with E-state index < -0.39 is 17.2 Å². The van der Waals surface area contributed by atoms with E-state index in [1.807, 2.05) is 37.3 Å². The molecule has 0 atom stereocenters. The fourth-order valence-electron chi connectivity index (χ4n) is 2.89. The number of hydrogen-bond donors (Lipinski definition) is 2. The minimum atomic E-state index is -0.605. The molecule has 0 saturated carbocycles. The molecule has 1 amide bonds. The van der Waals surface area contributed by atoms with Gasteiger partial charge in [-0.05, 0) is 49.4 Å². The third-order valence-corrected chi connectivity index (χ3v) is 5.18. The van der Waals surface area contributed by atoms with Crippen molar-refractivity contribution in [1.29, 1.82) is 0 Å². The van der Waals surface area contributed by atoms with Crippen molar-refractivity contribution < 1.29 is 9.53 Å². The number of aryl methyl sites for hydroxylation is 1. The number of aromatic nitrogens is 2. The zero-order valence-corrected chi connectivity index (χ0v) is 16.3. The van der Waals surface area contributed by atoms with E-state index in [0.29, 0.717) is 27.4 Å². The van der Waals surface area contributed by atoms with Crippen molar-refractivity contribution in [2.75, 3.05) is 5.32 Å². The zero-order valence-electron chi connectivity index (χ0n) is 15.5. The van der Waals surface area contributed by atoms with Crippen LogP contribution in [0.1, 0.15) is 4.88 Å². The first-order valence-corrected chi connectivity index (χ1v) is 9.67. The standard InChI is InChI=1S/C21H17N3O4S/c1-13-11-17-19(29-13)23-21(27)24(20(17)26)12-18(25)22-14-7-9-16(10-8-14)28-15-5-3-2-4-6-15/h2-11H,12H2,1H3,(H,22,25)(H,23,27). The largest absolute Gasteiger partial charge is 0.457 e. The first kappa shape index (κ1) is 18.7. The Kier molecular flexibility index (Phi) is 5.01. The molecule has 0 aliphatic rings. The smallest absolute Gasteiger partial charge is 0.329 e. The van der Waals surface area contributed by atoms with E-state index in [0.717, 1.165) is 9.44 Å². The molecule has 2 aromatic carbocycles. The van der Waals surface area contributed by atoms with Crippen LogP contribution in [0.25, 0.3) is 10.2 Å². The van der Waals surface area contributed by atoms with Gasteiger partial charge in [-0.1, -0.05) is 18.2 Å². The Morgan fingerprint density at radius 1 is 1.07 bits per heavy atom. The molecule has 4 aromatic rings. The number of carbonyl (C=O) groups excluding carboxylic acids is 1. The minimum absolute atomic E-state index is 0.374. The Balaban J connectivity index is 1.47. The maximum absolute atomic E-state index is 12.5. The number of benzene rings is 2. The molecule has 0 aliphatic carbocycles. The number of amides is 1. The molecule has 8 heteroatoms. The lowest BCUT2D eigenvalue weighted by molar-refractivity contribution is -0.116. The zero-order chi connectivity index (χ0) is 20.4. The molecule has 29 heavy (non-hydrogen) atoms. The lowest BCUT2D eigenvalue weighted by atomic mass is 10.3. The van der Waals surface area contributed by atoms with Gasteiger partial charge in [0.05, 0.1) is 5.39 Å². The molecule has 0 unspecified atom stereocenters. The maximum atomic E-state index is 12.5. The summed E-state index contributed by atoms with van der Waals surface area (Å²) in [6, 6.07) is 17.9. The van der Waals surface area contributed by atoms with Gasteiger partial charge in [0.15, 0.2) is 0 Å². The molecule has 2 heterocycles. The molecule has 0 bridgehead atoms. The van der Waals surface area contributed by atoms with Gasteiger partial charge in [-0.2, -0.15) is 0 Å². The number of nitrogens with zero attached hydrogens (tertiary/aromatic N) is 1. The summed E-state index contributed by atoms with van der Waals surface area (Å²) < 4.78 is 6.61. The Morgan fingerprint density at radius 3 is 2.48 bits per heavy atom. The van der Waals surface area contributed by atoms with E-state index in [9.17, 15) is 14.4 Å². The number of para-hydroxylation sites is 1. The molecule has 2 N–H and O–H groups in total. The second kappa shape index (κ2) is 7.76. The van der Waals surface area contributed by atoms with Gasteiger partial charge in [0.25, 0.3) is 5.56 Å². The number of aromatic amines is 1. The second-order valence-electron chi connectivity index (χ2n) is 6.41. The second-order valence-corrected chi connectivity index (χ2v) is 7.67. The highest BCUT2D eigenvalue weighted by Crippen LogP contribution is 2.22. The van der Waals surface area contributed by atoms with Gasteiger partial charge in [-0.15, -0.1) is 11.3 Å². The summed E-state index contributed by atoms with van der Waals surface area (Å²) >= 11 is 1.33. The van der Waals surface area contributed by atoms with Gasteiger partial charge in [-0.3, -0.25) is 19.1 Å². The molecule has 7 nitrogen and oxygen atoms in total. The van der Waals surface area contributed by atoms with E-state index in [2.05, 4.69) is 10.3 Å². The SMILES string of the molecule is Cc1cc2c(=O)n(CC(=O)Nc3ccc(Oc4ccccc4)cc3)c(=O)[nH]c2s1. The number of carbonyl (C=O) groups is 1. The lowest BCUT2D eigenvalue weighted by Crippen LogP contribution is -2.38. The van der Waals surface area contributed by atoms with Gasteiger partial charge in [-0.25, -0.2) is 4.79 Å². The van der Waals surface area contributed by atoms with E-state index in [1.165, 1.54) is 11.3 Å². The van der Waals surface area contributed by atoms with Crippen LogP contribution in [0.5, 0.6) is 11.5 Å². The summed E-state index contributed by atoms with van der Waals surface area (Å²) in [5.74, 6) is 0.864. The Hall–Kier alpha value is -3.65. The summed E-state index contributed by atoms with van der Waals surface area (Å²) in [7, 11) is 0. The molecule has 146 valence electrons. The molecular weight excluding hydrogens is 390 g/mol. The topological polar surface area (TPSA) is 93.2 Å². The van der Waals surface area contributed by atoms with Crippen molar-refractivity contribution in [2.45, 2.75) is 13.5 Å². The van der Waals surface area contributed by atoms with E-state index in [-0.39, 0.29) is 6.54 Å². The van der Waals surface area contributed by atoms with Crippen molar-refractivity contribution in [3.05, 3.63) is 86.4 Å². The number of thiophene rings is 1. The van der Waals surface area contributed by atoms with Gasteiger partial charge in [0.1, 0.15) is 22.9 Å². The molecule has 0 radical (unpaired) electrons. The van der Waals surface area contributed by atoms with E-state index in [4.69, 9.17) is 4.74 Å². The average molecular weight is 407 g/mol. The fraction of sp³-hybridized carbons (Fsp3) is 0.0952. The first-order valence-electron chi connectivity index (χ1n) is 8.86. The predicted octanol–water partition coefficient (Wildman–Crippen LogP) is 3.49. The maximum Gasteiger partial charge on any atom is 0.329 e. The molecule has 4 rings (SSSR count). The van der Waals surface area contributed by atoms with Crippen molar-refractivity contribution >= 4 is 33.1 Å². The molecule has 0 saturated heterocycles. The number of anilines is 1. The summed E-state index contributed by atoms with van der Waals surface area (Å²) in [6.07, 6.45) is 0. The van der Waals surface area contributed by atoms with Gasteiger partial charge >= 0.3 is 5.69 Å². The third kappa shape index (κ3) is 4.12. The summed E-state index contributed by atoms with van der Waals surface area (Å²) in [4.78, 5) is 41.1. The normalized spacial score (nSPS) is 10.8. The van der Waals surface area contributed by atoms with Gasteiger partial charge in [0.2, 0.25) is 5.91 Å². The number of H-pyrrole nitrogens is 1. The van der Waals surface area contributed by atoms with Crippen LogP contribution in [0.2, 0.25) is 0 Å². The molecule has 2 aromatic heterocycles. The van der Waals surface area contributed by atoms with Crippen LogP contribution in [0, 0.1) is 6.92 Å². The number of ether oxygens (including phenoxy) is 1. The number of hydrogen-bond acceptors (Lipinski definition) is 5. The van der Waals surface area contributed by atoms with Crippen molar-refractivity contribution in [2.24, 2.45) is 0 Å². The molecule has 0 aliphatic heterocycles. The van der Waals surface area contributed by atoms with Gasteiger partial charge in [0, 0.05) is 10.6 Å². The molecule has 0 spiro atoms. The Labute approximate surface area is 169 Å².